The van der Waals surface area contributed by atoms with Gasteiger partial charge in [0.1, 0.15) is 6.07 Å². The van der Waals surface area contributed by atoms with Crippen LogP contribution in [0, 0.1) is 11.3 Å². The van der Waals surface area contributed by atoms with E-state index in [4.69, 9.17) is 16.9 Å². The average Bonchev–Trinajstić information content (AvgIpc) is 2.28. The molecule has 0 aromatic heterocycles. The summed E-state index contributed by atoms with van der Waals surface area (Å²) in [6, 6.07) is 6.93. The van der Waals surface area contributed by atoms with Gasteiger partial charge in [-0.25, -0.2) is 8.42 Å². The minimum atomic E-state index is -2.92. The second kappa shape index (κ2) is 5.17. The van der Waals surface area contributed by atoms with Crippen LogP contribution in [0.4, 0.5) is 5.69 Å². The van der Waals surface area contributed by atoms with Gasteiger partial charge in [-0.1, -0.05) is 11.6 Å². The summed E-state index contributed by atoms with van der Waals surface area (Å²) in [5, 5.41) is 12.3. The maximum atomic E-state index is 11.5. The number of sulfone groups is 1. The van der Waals surface area contributed by atoms with Crippen LogP contribution >= 0.6 is 11.6 Å². The van der Waals surface area contributed by atoms with E-state index in [9.17, 15) is 8.42 Å². The van der Waals surface area contributed by atoms with Crippen molar-refractivity contribution in [3.63, 3.8) is 0 Å². The summed E-state index contributed by atoms with van der Waals surface area (Å²) in [7, 11) is -2.92. The highest BCUT2D eigenvalue weighted by atomic mass is 35.5. The quantitative estimate of drug-likeness (QED) is 0.904. The molecule has 0 aliphatic carbocycles. The Labute approximate surface area is 111 Å². The Hall–Kier alpha value is -1.25. The zero-order valence-electron chi connectivity index (χ0n) is 9.69. The molecule has 1 saturated heterocycles. The van der Waals surface area contributed by atoms with E-state index in [1.54, 1.807) is 18.2 Å². The summed E-state index contributed by atoms with van der Waals surface area (Å²) >= 11 is 5.92. The fourth-order valence-corrected chi connectivity index (χ4v) is 3.93. The Bertz CT molecular complexity index is 593. The van der Waals surface area contributed by atoms with Crippen molar-refractivity contribution in [1.82, 2.24) is 0 Å². The molecule has 2 rings (SSSR count). The SMILES string of the molecule is N#Cc1ccc(NC2CCCS(=O)(=O)C2)cc1Cl. The number of hydrogen-bond donors (Lipinski definition) is 1. The Morgan fingerprint density at radius 1 is 1.44 bits per heavy atom. The second-order valence-electron chi connectivity index (χ2n) is 4.40. The molecular weight excluding hydrogens is 272 g/mol. The topological polar surface area (TPSA) is 70.0 Å². The maximum absolute atomic E-state index is 11.5. The van der Waals surface area contributed by atoms with E-state index in [-0.39, 0.29) is 17.5 Å². The Morgan fingerprint density at radius 2 is 2.22 bits per heavy atom. The van der Waals surface area contributed by atoms with Gasteiger partial charge in [-0.15, -0.1) is 0 Å². The molecule has 0 radical (unpaired) electrons. The zero-order chi connectivity index (χ0) is 13.2. The van der Waals surface area contributed by atoms with Crippen molar-refractivity contribution in [2.75, 3.05) is 16.8 Å². The molecule has 1 aromatic rings. The van der Waals surface area contributed by atoms with Gasteiger partial charge in [0.15, 0.2) is 9.84 Å². The predicted octanol–water partition coefficient (Wildman–Crippen LogP) is 2.20. The first kappa shape index (κ1) is 13.2. The highest BCUT2D eigenvalue weighted by Crippen LogP contribution is 2.23. The first-order chi connectivity index (χ1) is 8.50. The summed E-state index contributed by atoms with van der Waals surface area (Å²) in [5.41, 5.74) is 1.17. The van der Waals surface area contributed by atoms with E-state index in [0.717, 1.165) is 12.1 Å². The lowest BCUT2D eigenvalue weighted by Gasteiger charge is -2.24. The number of anilines is 1. The van der Waals surface area contributed by atoms with Crippen LogP contribution in [0.25, 0.3) is 0 Å². The Kier molecular flexibility index (Phi) is 3.79. The summed E-state index contributed by atoms with van der Waals surface area (Å²) in [4.78, 5) is 0. The summed E-state index contributed by atoms with van der Waals surface area (Å²) in [5.74, 6) is 0.434. The van der Waals surface area contributed by atoms with Gasteiger partial charge in [0.2, 0.25) is 0 Å². The molecule has 6 heteroatoms. The molecular formula is C12H13ClN2O2S. The fourth-order valence-electron chi connectivity index (χ4n) is 2.07. The number of nitrogens with zero attached hydrogens (tertiary/aromatic N) is 1. The van der Waals surface area contributed by atoms with Crippen LogP contribution in [0.15, 0.2) is 18.2 Å². The molecule has 0 saturated carbocycles. The number of nitrogens with one attached hydrogen (secondary N) is 1. The zero-order valence-corrected chi connectivity index (χ0v) is 11.3. The highest BCUT2D eigenvalue weighted by molar-refractivity contribution is 7.91. The molecule has 1 aliphatic heterocycles. The summed E-state index contributed by atoms with van der Waals surface area (Å²) < 4.78 is 23.0. The summed E-state index contributed by atoms with van der Waals surface area (Å²) in [6.45, 7) is 0. The smallest absolute Gasteiger partial charge is 0.152 e. The van der Waals surface area contributed by atoms with Crippen LogP contribution in [-0.4, -0.2) is 26.0 Å². The number of hydrogen-bond acceptors (Lipinski definition) is 4. The monoisotopic (exact) mass is 284 g/mol. The first-order valence-electron chi connectivity index (χ1n) is 5.67. The normalized spacial score (nSPS) is 22.1. The molecule has 1 heterocycles. The molecule has 1 aliphatic rings. The van der Waals surface area contributed by atoms with Crippen molar-refractivity contribution in [1.29, 1.82) is 5.26 Å². The van der Waals surface area contributed by atoms with Crippen molar-refractivity contribution in [2.24, 2.45) is 0 Å². The van der Waals surface area contributed by atoms with Crippen molar-refractivity contribution in [2.45, 2.75) is 18.9 Å². The predicted molar refractivity (Wildman–Crippen MR) is 71.5 cm³/mol. The minimum Gasteiger partial charge on any atom is -0.381 e. The van der Waals surface area contributed by atoms with Crippen molar-refractivity contribution < 1.29 is 8.42 Å². The van der Waals surface area contributed by atoms with Crippen molar-refractivity contribution in [3.8, 4) is 6.07 Å². The molecule has 0 spiro atoms. The van der Waals surface area contributed by atoms with Crippen LogP contribution in [0.2, 0.25) is 5.02 Å². The van der Waals surface area contributed by atoms with E-state index in [1.807, 2.05) is 6.07 Å². The van der Waals surface area contributed by atoms with Crippen molar-refractivity contribution in [3.05, 3.63) is 28.8 Å². The molecule has 1 N–H and O–H groups in total. The lowest BCUT2D eigenvalue weighted by molar-refractivity contribution is 0.562. The fraction of sp³-hybridized carbons (Fsp3) is 0.417. The molecule has 4 nitrogen and oxygen atoms in total. The lowest BCUT2D eigenvalue weighted by atomic mass is 10.1. The van der Waals surface area contributed by atoms with E-state index in [0.29, 0.717) is 17.0 Å². The molecule has 1 unspecified atom stereocenters. The van der Waals surface area contributed by atoms with E-state index < -0.39 is 9.84 Å². The van der Waals surface area contributed by atoms with Gasteiger partial charge in [-0.2, -0.15) is 5.26 Å². The van der Waals surface area contributed by atoms with Crippen LogP contribution in [0.1, 0.15) is 18.4 Å². The van der Waals surface area contributed by atoms with Crippen LogP contribution in [-0.2, 0) is 9.84 Å². The minimum absolute atomic E-state index is 0.0762. The van der Waals surface area contributed by atoms with E-state index in [1.165, 1.54) is 0 Å². The number of halogens is 1. The number of rotatable bonds is 2. The van der Waals surface area contributed by atoms with Crippen LogP contribution in [0.3, 0.4) is 0 Å². The average molecular weight is 285 g/mol. The second-order valence-corrected chi connectivity index (χ2v) is 7.04. The van der Waals surface area contributed by atoms with Gasteiger partial charge in [0, 0.05) is 11.7 Å². The van der Waals surface area contributed by atoms with Gasteiger partial charge in [-0.3, -0.25) is 0 Å². The summed E-state index contributed by atoms with van der Waals surface area (Å²) in [6.07, 6.45) is 1.51. The van der Waals surface area contributed by atoms with Crippen molar-refractivity contribution >= 4 is 27.1 Å². The molecule has 1 aromatic carbocycles. The van der Waals surface area contributed by atoms with Crippen LogP contribution in [0.5, 0.6) is 0 Å². The lowest BCUT2D eigenvalue weighted by Crippen LogP contribution is -2.34. The molecule has 1 fully saturated rings. The number of nitriles is 1. The van der Waals surface area contributed by atoms with Gasteiger partial charge in [-0.05, 0) is 31.0 Å². The largest absolute Gasteiger partial charge is 0.381 e. The van der Waals surface area contributed by atoms with Gasteiger partial charge in [0.25, 0.3) is 0 Å². The molecule has 0 amide bonds. The third-order valence-electron chi connectivity index (χ3n) is 2.92. The van der Waals surface area contributed by atoms with E-state index >= 15 is 0 Å². The van der Waals surface area contributed by atoms with Crippen LogP contribution < -0.4 is 5.32 Å². The first-order valence-corrected chi connectivity index (χ1v) is 7.87. The highest BCUT2D eigenvalue weighted by Gasteiger charge is 2.24. The number of benzene rings is 1. The third-order valence-corrected chi connectivity index (χ3v) is 5.06. The van der Waals surface area contributed by atoms with E-state index in [2.05, 4.69) is 5.32 Å². The Balaban J connectivity index is 2.10. The molecule has 1 atom stereocenters. The standard InChI is InChI=1S/C12H13ClN2O2S/c13-12-6-10(4-3-9(12)7-14)15-11-2-1-5-18(16,17)8-11/h3-4,6,11,15H,1-2,5,8H2. The molecule has 0 bridgehead atoms. The third kappa shape index (κ3) is 3.15. The van der Waals surface area contributed by atoms with Gasteiger partial charge in [0.05, 0.1) is 22.1 Å². The van der Waals surface area contributed by atoms with Gasteiger partial charge >= 0.3 is 0 Å². The molecule has 18 heavy (non-hydrogen) atoms. The maximum Gasteiger partial charge on any atom is 0.152 e. The Morgan fingerprint density at radius 3 is 2.83 bits per heavy atom. The molecule has 96 valence electrons. The van der Waals surface area contributed by atoms with Gasteiger partial charge < -0.3 is 5.32 Å².